The standard InChI is InChI=1S/C6H10O2/c7-6(8)5-3-1-2-4-5/h3,6-8H,1-2,4H2. The molecule has 0 unspecified atom stereocenters. The van der Waals surface area contributed by atoms with Crippen LogP contribution in [0.4, 0.5) is 0 Å². The largest absolute Gasteiger partial charge is 0.365 e. The van der Waals surface area contributed by atoms with Crippen LogP contribution in [0.1, 0.15) is 19.3 Å². The van der Waals surface area contributed by atoms with Crippen molar-refractivity contribution >= 4 is 0 Å². The van der Waals surface area contributed by atoms with Crippen molar-refractivity contribution in [3.05, 3.63) is 11.6 Å². The second kappa shape index (κ2) is 2.29. The van der Waals surface area contributed by atoms with Crippen molar-refractivity contribution in [2.45, 2.75) is 25.6 Å². The molecule has 0 saturated heterocycles. The Hall–Kier alpha value is -0.340. The lowest BCUT2D eigenvalue weighted by atomic mass is 10.2. The Morgan fingerprint density at radius 1 is 1.50 bits per heavy atom. The first-order chi connectivity index (χ1) is 3.80. The van der Waals surface area contributed by atoms with Crippen LogP contribution in [0.15, 0.2) is 11.6 Å². The van der Waals surface area contributed by atoms with Crippen LogP contribution in [0.3, 0.4) is 0 Å². The lowest BCUT2D eigenvalue weighted by Crippen LogP contribution is -2.05. The van der Waals surface area contributed by atoms with Crippen LogP contribution in [0.25, 0.3) is 0 Å². The molecule has 0 heterocycles. The minimum Gasteiger partial charge on any atom is -0.365 e. The van der Waals surface area contributed by atoms with Gasteiger partial charge in [0.1, 0.15) is 0 Å². The number of hydrogen-bond donors (Lipinski definition) is 2. The second-order valence-electron chi connectivity index (χ2n) is 2.04. The third-order valence-electron chi connectivity index (χ3n) is 1.41. The van der Waals surface area contributed by atoms with E-state index in [1.165, 1.54) is 0 Å². The van der Waals surface area contributed by atoms with Crippen molar-refractivity contribution in [1.82, 2.24) is 0 Å². The van der Waals surface area contributed by atoms with E-state index in [-0.39, 0.29) is 0 Å². The quantitative estimate of drug-likeness (QED) is 0.383. The fourth-order valence-corrected chi connectivity index (χ4v) is 0.930. The van der Waals surface area contributed by atoms with Crippen LogP contribution in [0.5, 0.6) is 0 Å². The lowest BCUT2D eigenvalue weighted by Gasteiger charge is -2.00. The Labute approximate surface area is 48.5 Å². The Morgan fingerprint density at radius 2 is 2.25 bits per heavy atom. The zero-order valence-corrected chi connectivity index (χ0v) is 4.67. The average molecular weight is 114 g/mol. The molecule has 2 nitrogen and oxygen atoms in total. The molecule has 1 aliphatic rings. The first-order valence-corrected chi connectivity index (χ1v) is 2.86. The van der Waals surface area contributed by atoms with Crippen LogP contribution in [0.2, 0.25) is 0 Å². The molecule has 8 heavy (non-hydrogen) atoms. The maximum Gasteiger partial charge on any atom is 0.174 e. The van der Waals surface area contributed by atoms with Gasteiger partial charge in [-0.05, 0) is 24.8 Å². The van der Waals surface area contributed by atoms with E-state index >= 15 is 0 Å². The topological polar surface area (TPSA) is 40.5 Å². The van der Waals surface area contributed by atoms with Gasteiger partial charge in [0.05, 0.1) is 0 Å². The number of rotatable bonds is 1. The van der Waals surface area contributed by atoms with Gasteiger partial charge in [-0.15, -0.1) is 0 Å². The van der Waals surface area contributed by atoms with E-state index in [9.17, 15) is 0 Å². The third-order valence-corrected chi connectivity index (χ3v) is 1.41. The number of aliphatic hydroxyl groups excluding tert-OH is 1. The van der Waals surface area contributed by atoms with Gasteiger partial charge in [0, 0.05) is 0 Å². The van der Waals surface area contributed by atoms with Gasteiger partial charge in [0.2, 0.25) is 0 Å². The van der Waals surface area contributed by atoms with E-state index in [1.54, 1.807) is 0 Å². The van der Waals surface area contributed by atoms with Crippen LogP contribution in [-0.2, 0) is 0 Å². The molecule has 0 aromatic heterocycles. The summed E-state index contributed by atoms with van der Waals surface area (Å²) in [5.41, 5.74) is 0.782. The summed E-state index contributed by atoms with van der Waals surface area (Å²) in [7, 11) is 0. The SMILES string of the molecule is OC(O)C1=CCCC1. The number of allylic oxidation sites excluding steroid dienone is 1. The fourth-order valence-electron chi connectivity index (χ4n) is 0.930. The molecule has 0 aromatic carbocycles. The lowest BCUT2D eigenvalue weighted by molar-refractivity contribution is -0.00935. The molecule has 2 heteroatoms. The average Bonchev–Trinajstić information content (AvgIpc) is 2.12. The summed E-state index contributed by atoms with van der Waals surface area (Å²) in [6.45, 7) is 0. The maximum atomic E-state index is 8.54. The highest BCUT2D eigenvalue weighted by atomic mass is 16.5. The molecule has 0 saturated carbocycles. The van der Waals surface area contributed by atoms with Gasteiger partial charge >= 0.3 is 0 Å². The van der Waals surface area contributed by atoms with Gasteiger partial charge in [-0.3, -0.25) is 0 Å². The first kappa shape index (κ1) is 5.79. The molecule has 0 bridgehead atoms. The Kier molecular flexibility index (Phi) is 1.65. The van der Waals surface area contributed by atoms with E-state index in [0.29, 0.717) is 0 Å². The Morgan fingerprint density at radius 3 is 2.50 bits per heavy atom. The predicted octanol–water partition coefficient (Wildman–Crippen LogP) is 0.407. The normalized spacial score (nSPS) is 19.6. The second-order valence-corrected chi connectivity index (χ2v) is 2.04. The van der Waals surface area contributed by atoms with Crippen LogP contribution in [-0.4, -0.2) is 16.5 Å². The third kappa shape index (κ3) is 1.08. The molecular weight excluding hydrogens is 104 g/mol. The first-order valence-electron chi connectivity index (χ1n) is 2.86. The highest BCUT2D eigenvalue weighted by Crippen LogP contribution is 2.18. The van der Waals surface area contributed by atoms with Gasteiger partial charge in [-0.25, -0.2) is 0 Å². The zero-order chi connectivity index (χ0) is 5.98. The van der Waals surface area contributed by atoms with Gasteiger partial charge in [-0.1, -0.05) is 6.08 Å². The summed E-state index contributed by atoms with van der Waals surface area (Å²) in [4.78, 5) is 0. The van der Waals surface area contributed by atoms with Crippen LogP contribution >= 0.6 is 0 Å². The van der Waals surface area contributed by atoms with E-state index in [2.05, 4.69) is 0 Å². The molecule has 0 radical (unpaired) electrons. The molecule has 0 amide bonds. The van der Waals surface area contributed by atoms with E-state index in [4.69, 9.17) is 10.2 Å². The van der Waals surface area contributed by atoms with Crippen molar-refractivity contribution in [2.24, 2.45) is 0 Å². The molecule has 1 rings (SSSR count). The number of hydrogen-bond acceptors (Lipinski definition) is 2. The van der Waals surface area contributed by atoms with Crippen molar-refractivity contribution < 1.29 is 10.2 Å². The molecule has 0 aliphatic heterocycles. The molecular formula is C6H10O2. The summed E-state index contributed by atoms with van der Waals surface area (Å²) in [6.07, 6.45) is 3.64. The monoisotopic (exact) mass is 114 g/mol. The summed E-state index contributed by atoms with van der Waals surface area (Å²) in [5, 5.41) is 17.1. The van der Waals surface area contributed by atoms with Gasteiger partial charge < -0.3 is 10.2 Å². The fraction of sp³-hybridized carbons (Fsp3) is 0.667. The van der Waals surface area contributed by atoms with Gasteiger partial charge in [-0.2, -0.15) is 0 Å². The van der Waals surface area contributed by atoms with Crippen LogP contribution < -0.4 is 0 Å². The Balaban J connectivity index is 2.45. The van der Waals surface area contributed by atoms with Gasteiger partial charge in [0.25, 0.3) is 0 Å². The Bertz CT molecular complexity index is 105. The summed E-state index contributed by atoms with van der Waals surface area (Å²) in [5.74, 6) is 0. The maximum absolute atomic E-state index is 8.54. The molecule has 46 valence electrons. The minimum atomic E-state index is -1.20. The van der Waals surface area contributed by atoms with E-state index in [0.717, 1.165) is 24.8 Å². The molecule has 0 atom stereocenters. The zero-order valence-electron chi connectivity index (χ0n) is 4.67. The van der Waals surface area contributed by atoms with E-state index < -0.39 is 6.29 Å². The summed E-state index contributed by atoms with van der Waals surface area (Å²) in [6, 6.07) is 0. The van der Waals surface area contributed by atoms with Gasteiger partial charge in [0.15, 0.2) is 6.29 Å². The summed E-state index contributed by atoms with van der Waals surface area (Å²) >= 11 is 0. The smallest absolute Gasteiger partial charge is 0.174 e. The minimum absolute atomic E-state index is 0.782. The molecule has 1 aliphatic carbocycles. The van der Waals surface area contributed by atoms with Crippen molar-refractivity contribution in [2.75, 3.05) is 0 Å². The molecule has 0 fully saturated rings. The highest BCUT2D eigenvalue weighted by molar-refractivity contribution is 5.09. The number of aliphatic hydroxyl groups is 2. The van der Waals surface area contributed by atoms with Crippen LogP contribution in [0, 0.1) is 0 Å². The summed E-state index contributed by atoms with van der Waals surface area (Å²) < 4.78 is 0. The van der Waals surface area contributed by atoms with E-state index in [1.807, 2.05) is 6.08 Å². The molecule has 0 aromatic rings. The van der Waals surface area contributed by atoms with Crippen molar-refractivity contribution in [3.8, 4) is 0 Å². The van der Waals surface area contributed by atoms with Crippen molar-refractivity contribution in [3.63, 3.8) is 0 Å². The molecule has 2 N–H and O–H groups in total. The predicted molar refractivity (Wildman–Crippen MR) is 30.2 cm³/mol. The highest BCUT2D eigenvalue weighted by Gasteiger charge is 2.09. The van der Waals surface area contributed by atoms with Crippen molar-refractivity contribution in [1.29, 1.82) is 0 Å². The molecule has 0 spiro atoms.